The molecule has 0 fully saturated rings. The monoisotopic (exact) mass is 170 g/mol. The molecule has 12 heavy (non-hydrogen) atoms. The number of aliphatic carboxylic acids is 1. The van der Waals surface area contributed by atoms with E-state index < -0.39 is 5.97 Å². The lowest BCUT2D eigenvalue weighted by Gasteiger charge is -2.03. The SMILES string of the molecule is CC(=CCCCC(=O)O)C(C)C. The minimum Gasteiger partial charge on any atom is -0.481 e. The number of rotatable bonds is 5. The molecule has 0 radical (unpaired) electrons. The number of hydrogen-bond donors (Lipinski definition) is 1. The molecule has 0 aromatic heterocycles. The number of allylic oxidation sites excluding steroid dienone is 2. The van der Waals surface area contributed by atoms with Crippen molar-refractivity contribution in [1.29, 1.82) is 0 Å². The van der Waals surface area contributed by atoms with Crippen LogP contribution in [0, 0.1) is 5.92 Å². The van der Waals surface area contributed by atoms with Crippen LogP contribution in [0.1, 0.15) is 40.0 Å². The van der Waals surface area contributed by atoms with Crippen molar-refractivity contribution in [2.75, 3.05) is 0 Å². The number of carbonyl (C=O) groups is 1. The highest BCUT2D eigenvalue weighted by Crippen LogP contribution is 2.10. The van der Waals surface area contributed by atoms with Crippen LogP contribution in [0.2, 0.25) is 0 Å². The molecule has 0 rings (SSSR count). The molecule has 2 nitrogen and oxygen atoms in total. The van der Waals surface area contributed by atoms with Gasteiger partial charge in [-0.25, -0.2) is 0 Å². The first-order valence-electron chi connectivity index (χ1n) is 4.42. The minimum atomic E-state index is -0.703. The van der Waals surface area contributed by atoms with Gasteiger partial charge in [0.15, 0.2) is 0 Å². The fourth-order valence-corrected chi connectivity index (χ4v) is 0.819. The average Bonchev–Trinajstić information content (AvgIpc) is 1.97. The summed E-state index contributed by atoms with van der Waals surface area (Å²) in [5, 5.41) is 8.37. The van der Waals surface area contributed by atoms with Gasteiger partial charge in [0.05, 0.1) is 0 Å². The van der Waals surface area contributed by atoms with E-state index in [1.54, 1.807) is 0 Å². The molecule has 0 atom stereocenters. The van der Waals surface area contributed by atoms with Crippen molar-refractivity contribution in [2.45, 2.75) is 40.0 Å². The summed E-state index contributed by atoms with van der Waals surface area (Å²) >= 11 is 0. The van der Waals surface area contributed by atoms with E-state index in [1.165, 1.54) is 5.57 Å². The lowest BCUT2D eigenvalue weighted by Crippen LogP contribution is -1.93. The Morgan fingerprint density at radius 3 is 2.50 bits per heavy atom. The molecule has 0 spiro atoms. The van der Waals surface area contributed by atoms with E-state index in [1.807, 2.05) is 0 Å². The highest BCUT2D eigenvalue weighted by atomic mass is 16.4. The Morgan fingerprint density at radius 2 is 2.08 bits per heavy atom. The molecule has 0 unspecified atom stereocenters. The second-order valence-corrected chi connectivity index (χ2v) is 3.39. The van der Waals surface area contributed by atoms with Crippen LogP contribution in [0.3, 0.4) is 0 Å². The van der Waals surface area contributed by atoms with Gasteiger partial charge in [-0.15, -0.1) is 0 Å². The van der Waals surface area contributed by atoms with Crippen LogP contribution in [0.4, 0.5) is 0 Å². The van der Waals surface area contributed by atoms with Crippen LogP contribution in [0.5, 0.6) is 0 Å². The van der Waals surface area contributed by atoms with Gasteiger partial charge < -0.3 is 5.11 Å². The molecule has 1 N–H and O–H groups in total. The van der Waals surface area contributed by atoms with Crippen molar-refractivity contribution in [2.24, 2.45) is 5.92 Å². The second kappa shape index (κ2) is 5.81. The minimum absolute atomic E-state index is 0.280. The Bertz CT molecular complexity index is 169. The largest absolute Gasteiger partial charge is 0.481 e. The summed E-state index contributed by atoms with van der Waals surface area (Å²) in [6, 6.07) is 0. The highest BCUT2D eigenvalue weighted by molar-refractivity contribution is 5.66. The van der Waals surface area contributed by atoms with Gasteiger partial charge in [-0.1, -0.05) is 25.5 Å². The molecule has 0 saturated carbocycles. The van der Waals surface area contributed by atoms with E-state index in [-0.39, 0.29) is 6.42 Å². The van der Waals surface area contributed by atoms with E-state index in [2.05, 4.69) is 26.8 Å². The third-order valence-corrected chi connectivity index (χ3v) is 1.97. The molecule has 2 heteroatoms. The van der Waals surface area contributed by atoms with Crippen LogP contribution in [0.25, 0.3) is 0 Å². The summed E-state index contributed by atoms with van der Waals surface area (Å²) in [6.07, 6.45) is 4.05. The molecule has 0 bridgehead atoms. The topological polar surface area (TPSA) is 37.3 Å². The van der Waals surface area contributed by atoms with Crippen molar-refractivity contribution >= 4 is 5.97 Å². The second-order valence-electron chi connectivity index (χ2n) is 3.39. The Balaban J connectivity index is 3.53. The molecule has 70 valence electrons. The van der Waals surface area contributed by atoms with Crippen LogP contribution in [-0.2, 0) is 4.79 Å². The van der Waals surface area contributed by atoms with E-state index in [0.29, 0.717) is 5.92 Å². The quantitative estimate of drug-likeness (QED) is 0.509. The molecular formula is C10H18O2. The van der Waals surface area contributed by atoms with Gasteiger partial charge >= 0.3 is 5.97 Å². The molecule has 0 saturated heterocycles. The molecule has 0 aliphatic carbocycles. The van der Waals surface area contributed by atoms with Crippen molar-refractivity contribution in [3.05, 3.63) is 11.6 Å². The van der Waals surface area contributed by atoms with E-state index in [4.69, 9.17) is 5.11 Å². The first-order chi connectivity index (χ1) is 5.54. The molecule has 0 aliphatic rings. The highest BCUT2D eigenvalue weighted by Gasteiger charge is 1.97. The van der Waals surface area contributed by atoms with Crippen molar-refractivity contribution in [3.8, 4) is 0 Å². The van der Waals surface area contributed by atoms with Gasteiger partial charge in [-0.05, 0) is 25.7 Å². The molecular weight excluding hydrogens is 152 g/mol. The normalized spacial score (nSPS) is 12.2. The maximum atomic E-state index is 10.2. The first kappa shape index (κ1) is 11.2. The van der Waals surface area contributed by atoms with Gasteiger partial charge in [-0.3, -0.25) is 4.79 Å². The Hall–Kier alpha value is -0.790. The lowest BCUT2D eigenvalue weighted by atomic mass is 10.0. The van der Waals surface area contributed by atoms with Gasteiger partial charge in [0.1, 0.15) is 0 Å². The summed E-state index contributed by atoms with van der Waals surface area (Å²) in [5.74, 6) is -0.125. The maximum Gasteiger partial charge on any atom is 0.303 e. The number of carboxylic acid groups (broad SMARTS) is 1. The maximum absolute atomic E-state index is 10.2. The number of hydrogen-bond acceptors (Lipinski definition) is 1. The summed E-state index contributed by atoms with van der Waals surface area (Å²) < 4.78 is 0. The average molecular weight is 170 g/mol. The van der Waals surface area contributed by atoms with Gasteiger partial charge in [0, 0.05) is 6.42 Å². The van der Waals surface area contributed by atoms with Crippen LogP contribution in [-0.4, -0.2) is 11.1 Å². The molecule has 0 aliphatic heterocycles. The predicted molar refractivity (Wildman–Crippen MR) is 50.1 cm³/mol. The molecule has 0 aromatic carbocycles. The smallest absolute Gasteiger partial charge is 0.303 e. The first-order valence-corrected chi connectivity index (χ1v) is 4.42. The van der Waals surface area contributed by atoms with Crippen molar-refractivity contribution in [3.63, 3.8) is 0 Å². The third-order valence-electron chi connectivity index (χ3n) is 1.97. The predicted octanol–water partition coefficient (Wildman–Crippen LogP) is 2.84. The van der Waals surface area contributed by atoms with Crippen LogP contribution >= 0.6 is 0 Å². The number of unbranched alkanes of at least 4 members (excludes halogenated alkanes) is 1. The van der Waals surface area contributed by atoms with Crippen LogP contribution < -0.4 is 0 Å². The molecule has 0 heterocycles. The van der Waals surface area contributed by atoms with Gasteiger partial charge in [-0.2, -0.15) is 0 Å². The summed E-state index contributed by atoms with van der Waals surface area (Å²) in [7, 11) is 0. The standard InChI is InChI=1S/C10H18O2/c1-8(2)9(3)6-4-5-7-10(11)12/h6,8H,4-5,7H2,1-3H3,(H,11,12). The van der Waals surface area contributed by atoms with E-state index in [0.717, 1.165) is 12.8 Å². The Morgan fingerprint density at radius 1 is 1.50 bits per heavy atom. The summed E-state index contributed by atoms with van der Waals surface area (Å²) in [5.41, 5.74) is 1.35. The summed E-state index contributed by atoms with van der Waals surface area (Å²) in [6.45, 7) is 6.37. The van der Waals surface area contributed by atoms with Crippen molar-refractivity contribution in [1.82, 2.24) is 0 Å². The molecule has 0 aromatic rings. The zero-order valence-electron chi connectivity index (χ0n) is 8.13. The van der Waals surface area contributed by atoms with Crippen molar-refractivity contribution < 1.29 is 9.90 Å². The van der Waals surface area contributed by atoms with E-state index >= 15 is 0 Å². The number of carboxylic acids is 1. The Kier molecular flexibility index (Phi) is 5.43. The zero-order valence-corrected chi connectivity index (χ0v) is 8.13. The van der Waals surface area contributed by atoms with Gasteiger partial charge in [0.2, 0.25) is 0 Å². The molecule has 0 amide bonds. The van der Waals surface area contributed by atoms with Crippen LogP contribution in [0.15, 0.2) is 11.6 Å². The zero-order chi connectivity index (χ0) is 9.56. The lowest BCUT2D eigenvalue weighted by molar-refractivity contribution is -0.137. The Labute approximate surface area is 74.3 Å². The third kappa shape index (κ3) is 5.96. The summed E-state index contributed by atoms with van der Waals surface area (Å²) in [4.78, 5) is 10.2. The fourth-order valence-electron chi connectivity index (χ4n) is 0.819. The van der Waals surface area contributed by atoms with E-state index in [9.17, 15) is 4.79 Å². The fraction of sp³-hybridized carbons (Fsp3) is 0.700. The van der Waals surface area contributed by atoms with Gasteiger partial charge in [0.25, 0.3) is 0 Å².